The Morgan fingerprint density at radius 3 is 2.55 bits per heavy atom. The maximum absolute atomic E-state index is 13.1. The molecule has 3 heterocycles. The highest BCUT2D eigenvalue weighted by Crippen LogP contribution is 2.26. The van der Waals surface area contributed by atoms with E-state index in [1.54, 1.807) is 24.1 Å². The Bertz CT molecular complexity index is 1210. The summed E-state index contributed by atoms with van der Waals surface area (Å²) >= 11 is 0. The van der Waals surface area contributed by atoms with Gasteiger partial charge in [-0.3, -0.25) is 4.79 Å². The van der Waals surface area contributed by atoms with Gasteiger partial charge in [-0.05, 0) is 51.1 Å². The molecule has 29 heavy (non-hydrogen) atoms. The van der Waals surface area contributed by atoms with E-state index in [0.29, 0.717) is 28.0 Å². The van der Waals surface area contributed by atoms with Crippen LogP contribution in [0.4, 0.5) is 5.69 Å². The van der Waals surface area contributed by atoms with Crippen LogP contribution in [0, 0.1) is 20.8 Å². The van der Waals surface area contributed by atoms with Gasteiger partial charge in [-0.1, -0.05) is 0 Å². The SMILES string of the molecule is COc1ccc(-n2nc(C)c3c(C(=O)Nc4cncnc4C)cc(C)nc32)cc1. The quantitative estimate of drug-likeness (QED) is 0.576. The van der Waals surface area contributed by atoms with E-state index in [4.69, 9.17) is 4.74 Å². The van der Waals surface area contributed by atoms with Gasteiger partial charge in [0.1, 0.15) is 12.1 Å². The molecule has 0 fully saturated rings. The van der Waals surface area contributed by atoms with Crippen molar-refractivity contribution in [1.82, 2.24) is 24.7 Å². The topological polar surface area (TPSA) is 94.8 Å². The molecule has 0 aliphatic carbocycles. The van der Waals surface area contributed by atoms with Gasteiger partial charge in [-0.2, -0.15) is 5.10 Å². The third-order valence-corrected chi connectivity index (χ3v) is 4.66. The molecule has 0 saturated heterocycles. The van der Waals surface area contributed by atoms with Gasteiger partial charge in [-0.25, -0.2) is 19.6 Å². The van der Waals surface area contributed by atoms with Crippen LogP contribution < -0.4 is 10.1 Å². The fourth-order valence-corrected chi connectivity index (χ4v) is 3.20. The van der Waals surface area contributed by atoms with Crippen LogP contribution in [0.5, 0.6) is 5.75 Å². The Labute approximate surface area is 167 Å². The van der Waals surface area contributed by atoms with Gasteiger partial charge >= 0.3 is 0 Å². The highest BCUT2D eigenvalue weighted by molar-refractivity contribution is 6.13. The van der Waals surface area contributed by atoms with Crippen molar-refractivity contribution in [3.05, 3.63) is 65.5 Å². The Morgan fingerprint density at radius 2 is 1.86 bits per heavy atom. The lowest BCUT2D eigenvalue weighted by Crippen LogP contribution is -2.15. The van der Waals surface area contributed by atoms with Crippen LogP contribution in [0.25, 0.3) is 16.7 Å². The van der Waals surface area contributed by atoms with E-state index < -0.39 is 0 Å². The first-order chi connectivity index (χ1) is 14.0. The second kappa shape index (κ2) is 7.31. The van der Waals surface area contributed by atoms with E-state index in [9.17, 15) is 4.79 Å². The van der Waals surface area contributed by atoms with E-state index in [1.165, 1.54) is 6.33 Å². The van der Waals surface area contributed by atoms with Gasteiger partial charge in [0.15, 0.2) is 5.65 Å². The van der Waals surface area contributed by atoms with E-state index in [1.807, 2.05) is 45.0 Å². The van der Waals surface area contributed by atoms with Crippen molar-refractivity contribution >= 4 is 22.6 Å². The number of carbonyl (C=O) groups excluding carboxylic acids is 1. The number of benzene rings is 1. The molecule has 0 saturated carbocycles. The smallest absolute Gasteiger partial charge is 0.256 e. The molecule has 1 aromatic carbocycles. The summed E-state index contributed by atoms with van der Waals surface area (Å²) < 4.78 is 6.97. The number of carbonyl (C=O) groups is 1. The third kappa shape index (κ3) is 3.40. The zero-order valence-corrected chi connectivity index (χ0v) is 16.6. The van der Waals surface area contributed by atoms with Crippen LogP contribution in [-0.2, 0) is 0 Å². The predicted octanol–water partition coefficient (Wildman–Crippen LogP) is 3.40. The number of aryl methyl sites for hydroxylation is 3. The van der Waals surface area contributed by atoms with Crippen LogP contribution in [0.3, 0.4) is 0 Å². The largest absolute Gasteiger partial charge is 0.497 e. The number of nitrogens with one attached hydrogen (secondary N) is 1. The zero-order chi connectivity index (χ0) is 20.5. The third-order valence-electron chi connectivity index (χ3n) is 4.66. The summed E-state index contributed by atoms with van der Waals surface area (Å²) in [6.07, 6.45) is 3.03. The van der Waals surface area contributed by atoms with Gasteiger partial charge < -0.3 is 10.1 Å². The van der Waals surface area contributed by atoms with Gasteiger partial charge in [-0.15, -0.1) is 0 Å². The molecule has 0 unspecified atom stereocenters. The lowest BCUT2D eigenvalue weighted by atomic mass is 10.1. The fourth-order valence-electron chi connectivity index (χ4n) is 3.20. The van der Waals surface area contributed by atoms with Crippen LogP contribution in [0.1, 0.15) is 27.4 Å². The van der Waals surface area contributed by atoms with Crippen LogP contribution in [-0.4, -0.2) is 37.7 Å². The van der Waals surface area contributed by atoms with Crippen LogP contribution in [0.2, 0.25) is 0 Å². The summed E-state index contributed by atoms with van der Waals surface area (Å²) in [6.45, 7) is 5.54. The summed E-state index contributed by atoms with van der Waals surface area (Å²) in [7, 11) is 1.62. The molecule has 0 bridgehead atoms. The van der Waals surface area contributed by atoms with Gasteiger partial charge in [0, 0.05) is 5.69 Å². The number of amides is 1. The monoisotopic (exact) mass is 388 g/mol. The van der Waals surface area contributed by atoms with Crippen molar-refractivity contribution in [3.63, 3.8) is 0 Å². The molecule has 146 valence electrons. The molecule has 8 heteroatoms. The maximum Gasteiger partial charge on any atom is 0.256 e. The Balaban J connectivity index is 1.82. The molecule has 0 radical (unpaired) electrons. The molecule has 4 aromatic rings. The Hall–Kier alpha value is -3.81. The number of fused-ring (bicyclic) bond motifs is 1. The van der Waals surface area contributed by atoms with E-state index >= 15 is 0 Å². The summed E-state index contributed by atoms with van der Waals surface area (Å²) in [6, 6.07) is 9.29. The number of pyridine rings is 1. The van der Waals surface area contributed by atoms with Crippen molar-refractivity contribution in [2.45, 2.75) is 20.8 Å². The molecule has 0 spiro atoms. The fraction of sp³-hybridized carbons (Fsp3) is 0.190. The molecule has 3 aromatic heterocycles. The van der Waals surface area contributed by atoms with Crippen molar-refractivity contribution in [2.24, 2.45) is 0 Å². The van der Waals surface area contributed by atoms with E-state index in [-0.39, 0.29) is 5.91 Å². The summed E-state index contributed by atoms with van der Waals surface area (Å²) in [5.74, 6) is 0.502. The summed E-state index contributed by atoms with van der Waals surface area (Å²) in [4.78, 5) is 25.8. The molecular weight excluding hydrogens is 368 g/mol. The second-order valence-corrected chi connectivity index (χ2v) is 6.68. The number of aromatic nitrogens is 5. The van der Waals surface area contributed by atoms with Crippen molar-refractivity contribution in [1.29, 1.82) is 0 Å². The number of hydrogen-bond acceptors (Lipinski definition) is 6. The van der Waals surface area contributed by atoms with Crippen molar-refractivity contribution in [3.8, 4) is 11.4 Å². The number of ether oxygens (including phenoxy) is 1. The van der Waals surface area contributed by atoms with Gasteiger partial charge in [0.2, 0.25) is 0 Å². The molecular formula is C21H20N6O2. The highest BCUT2D eigenvalue weighted by Gasteiger charge is 2.20. The second-order valence-electron chi connectivity index (χ2n) is 6.68. The Morgan fingerprint density at radius 1 is 1.10 bits per heavy atom. The molecule has 4 rings (SSSR count). The lowest BCUT2D eigenvalue weighted by molar-refractivity contribution is 0.102. The number of methoxy groups -OCH3 is 1. The number of nitrogens with zero attached hydrogens (tertiary/aromatic N) is 5. The standard InChI is InChI=1S/C21H20N6O2/c1-12-9-17(21(28)25-18-10-22-11-23-13(18)2)19-14(3)26-27(20(19)24-12)15-5-7-16(29-4)8-6-15/h5-11H,1-4H3,(H,25,28). The van der Waals surface area contributed by atoms with Crippen molar-refractivity contribution in [2.75, 3.05) is 12.4 Å². The summed E-state index contributed by atoms with van der Waals surface area (Å²) in [5.41, 5.74) is 4.67. The normalized spacial score (nSPS) is 10.9. The minimum absolute atomic E-state index is 0.254. The Kier molecular flexibility index (Phi) is 4.67. The molecule has 1 N–H and O–H groups in total. The average Bonchev–Trinajstić information content (AvgIpc) is 3.05. The maximum atomic E-state index is 13.1. The number of anilines is 1. The predicted molar refractivity (Wildman–Crippen MR) is 110 cm³/mol. The summed E-state index contributed by atoms with van der Waals surface area (Å²) in [5, 5.41) is 8.23. The molecule has 0 aliphatic heterocycles. The lowest BCUT2D eigenvalue weighted by Gasteiger charge is -2.09. The molecule has 0 atom stereocenters. The highest BCUT2D eigenvalue weighted by atomic mass is 16.5. The number of rotatable bonds is 4. The first-order valence-electron chi connectivity index (χ1n) is 9.07. The van der Waals surface area contributed by atoms with Crippen LogP contribution >= 0.6 is 0 Å². The average molecular weight is 388 g/mol. The molecule has 8 nitrogen and oxygen atoms in total. The van der Waals surface area contributed by atoms with Crippen molar-refractivity contribution < 1.29 is 9.53 Å². The number of hydrogen-bond donors (Lipinski definition) is 1. The van der Waals surface area contributed by atoms with Crippen LogP contribution in [0.15, 0.2) is 42.9 Å². The van der Waals surface area contributed by atoms with Gasteiger partial charge in [0.25, 0.3) is 5.91 Å². The first kappa shape index (κ1) is 18.5. The molecule has 0 aliphatic rings. The van der Waals surface area contributed by atoms with E-state index in [0.717, 1.165) is 22.8 Å². The minimum atomic E-state index is -0.254. The molecule has 1 amide bonds. The minimum Gasteiger partial charge on any atom is -0.497 e. The van der Waals surface area contributed by atoms with E-state index in [2.05, 4.69) is 25.4 Å². The first-order valence-corrected chi connectivity index (χ1v) is 9.07. The van der Waals surface area contributed by atoms with Gasteiger partial charge in [0.05, 0.1) is 47.0 Å². The zero-order valence-electron chi connectivity index (χ0n) is 16.6.